The third-order valence-corrected chi connectivity index (χ3v) is 3.54. The largest absolute Gasteiger partial charge is 0.355 e. The molecule has 0 spiro atoms. The molecule has 1 amide bonds. The number of amides is 1. The zero-order chi connectivity index (χ0) is 15.0. The maximum atomic E-state index is 11.5. The topological polar surface area (TPSA) is 41.1 Å². The van der Waals surface area contributed by atoms with Crippen molar-refractivity contribution < 1.29 is 4.79 Å². The number of aryl methyl sites for hydroxylation is 1. The minimum atomic E-state index is 0.0542. The molecule has 0 saturated carbocycles. The zero-order valence-corrected chi connectivity index (χ0v) is 13.2. The fourth-order valence-electron chi connectivity index (χ4n) is 2.12. The molecule has 1 rings (SSSR count). The van der Waals surface area contributed by atoms with Crippen LogP contribution in [0.25, 0.3) is 0 Å². The first-order valence-corrected chi connectivity index (χ1v) is 7.68. The van der Waals surface area contributed by atoms with Crippen LogP contribution < -0.4 is 10.6 Å². The lowest BCUT2D eigenvalue weighted by molar-refractivity contribution is -0.123. The molecule has 3 heteroatoms. The van der Waals surface area contributed by atoms with Gasteiger partial charge in [-0.15, -0.1) is 0 Å². The van der Waals surface area contributed by atoms with Gasteiger partial charge in [0.05, 0.1) is 0 Å². The molecule has 1 aromatic carbocycles. The standard InChI is InChI=1S/C17H28N2O/c1-5-14-7-9-15(10-8-14)16(6-2)18-11-12-19-17(20)13(3)4/h7-10,13,16,18H,5-6,11-12H2,1-4H3,(H,19,20). The summed E-state index contributed by atoms with van der Waals surface area (Å²) in [4.78, 5) is 11.5. The highest BCUT2D eigenvalue weighted by Gasteiger charge is 2.09. The summed E-state index contributed by atoms with van der Waals surface area (Å²) in [5, 5.41) is 6.43. The van der Waals surface area contributed by atoms with Gasteiger partial charge < -0.3 is 10.6 Å². The minimum absolute atomic E-state index is 0.0542. The number of hydrogen-bond acceptors (Lipinski definition) is 2. The summed E-state index contributed by atoms with van der Waals surface area (Å²) in [6, 6.07) is 9.15. The summed E-state index contributed by atoms with van der Waals surface area (Å²) in [6.07, 6.45) is 2.12. The molecule has 0 heterocycles. The van der Waals surface area contributed by atoms with Crippen molar-refractivity contribution in [3.8, 4) is 0 Å². The molecule has 0 saturated heterocycles. The van der Waals surface area contributed by atoms with Crippen LogP contribution in [-0.4, -0.2) is 19.0 Å². The summed E-state index contributed by atoms with van der Waals surface area (Å²) < 4.78 is 0. The third kappa shape index (κ3) is 5.33. The molecular formula is C17H28N2O. The van der Waals surface area contributed by atoms with Crippen LogP contribution in [0.5, 0.6) is 0 Å². The predicted octanol–water partition coefficient (Wildman–Crippen LogP) is 3.06. The van der Waals surface area contributed by atoms with Crippen molar-refractivity contribution >= 4 is 5.91 Å². The van der Waals surface area contributed by atoms with Crippen molar-refractivity contribution in [2.75, 3.05) is 13.1 Å². The van der Waals surface area contributed by atoms with E-state index >= 15 is 0 Å². The van der Waals surface area contributed by atoms with Crippen LogP contribution >= 0.6 is 0 Å². The van der Waals surface area contributed by atoms with Crippen LogP contribution in [-0.2, 0) is 11.2 Å². The highest BCUT2D eigenvalue weighted by molar-refractivity contribution is 5.77. The van der Waals surface area contributed by atoms with E-state index in [1.54, 1.807) is 0 Å². The van der Waals surface area contributed by atoms with E-state index in [2.05, 4.69) is 48.7 Å². The van der Waals surface area contributed by atoms with Crippen LogP contribution in [0.2, 0.25) is 0 Å². The van der Waals surface area contributed by atoms with Gasteiger partial charge in [-0.3, -0.25) is 4.79 Å². The first-order valence-electron chi connectivity index (χ1n) is 7.68. The second-order valence-electron chi connectivity index (χ2n) is 5.46. The van der Waals surface area contributed by atoms with Crippen LogP contribution in [0.1, 0.15) is 51.3 Å². The van der Waals surface area contributed by atoms with Gasteiger partial charge >= 0.3 is 0 Å². The summed E-state index contributed by atoms with van der Waals surface area (Å²) in [5.41, 5.74) is 2.69. The number of rotatable bonds is 8. The molecule has 1 unspecified atom stereocenters. The number of carbonyl (C=O) groups excluding carboxylic acids is 1. The van der Waals surface area contributed by atoms with E-state index in [0.717, 1.165) is 19.4 Å². The van der Waals surface area contributed by atoms with Crippen molar-refractivity contribution in [2.45, 2.75) is 46.6 Å². The minimum Gasteiger partial charge on any atom is -0.355 e. The highest BCUT2D eigenvalue weighted by atomic mass is 16.1. The van der Waals surface area contributed by atoms with Gasteiger partial charge in [0.25, 0.3) is 0 Å². The Morgan fingerprint density at radius 1 is 1.10 bits per heavy atom. The summed E-state index contributed by atoms with van der Waals surface area (Å²) in [5.74, 6) is 0.172. The fourth-order valence-corrected chi connectivity index (χ4v) is 2.12. The van der Waals surface area contributed by atoms with E-state index < -0.39 is 0 Å². The van der Waals surface area contributed by atoms with E-state index in [9.17, 15) is 4.79 Å². The lowest BCUT2D eigenvalue weighted by Gasteiger charge is -2.18. The lowest BCUT2D eigenvalue weighted by Crippen LogP contribution is -2.35. The molecule has 0 aliphatic heterocycles. The Labute approximate surface area is 123 Å². The van der Waals surface area contributed by atoms with Gasteiger partial charge in [-0.25, -0.2) is 0 Å². The Morgan fingerprint density at radius 3 is 2.25 bits per heavy atom. The molecule has 1 atom stereocenters. The predicted molar refractivity (Wildman–Crippen MR) is 84.7 cm³/mol. The van der Waals surface area contributed by atoms with Crippen molar-refractivity contribution in [1.82, 2.24) is 10.6 Å². The van der Waals surface area contributed by atoms with E-state index in [1.807, 2.05) is 13.8 Å². The normalized spacial score (nSPS) is 12.4. The summed E-state index contributed by atoms with van der Waals surface area (Å²) >= 11 is 0. The van der Waals surface area contributed by atoms with Crippen LogP contribution in [0.15, 0.2) is 24.3 Å². The molecular weight excluding hydrogens is 248 g/mol. The Hall–Kier alpha value is -1.35. The van der Waals surface area contributed by atoms with Crippen LogP contribution in [0, 0.1) is 5.92 Å². The van der Waals surface area contributed by atoms with E-state index in [0.29, 0.717) is 12.6 Å². The number of hydrogen-bond donors (Lipinski definition) is 2. The van der Waals surface area contributed by atoms with Crippen molar-refractivity contribution in [3.63, 3.8) is 0 Å². The van der Waals surface area contributed by atoms with Gasteiger partial charge in [-0.1, -0.05) is 52.0 Å². The van der Waals surface area contributed by atoms with Crippen molar-refractivity contribution in [2.24, 2.45) is 5.92 Å². The first-order chi connectivity index (χ1) is 9.58. The summed E-state index contributed by atoms with van der Waals surface area (Å²) in [7, 11) is 0. The van der Waals surface area contributed by atoms with Crippen LogP contribution in [0.3, 0.4) is 0 Å². The van der Waals surface area contributed by atoms with Crippen molar-refractivity contribution in [3.05, 3.63) is 35.4 Å². The molecule has 2 N–H and O–H groups in total. The number of carbonyl (C=O) groups is 1. The van der Waals surface area contributed by atoms with Gasteiger partial charge in [-0.2, -0.15) is 0 Å². The molecule has 3 nitrogen and oxygen atoms in total. The Morgan fingerprint density at radius 2 is 1.75 bits per heavy atom. The maximum Gasteiger partial charge on any atom is 0.222 e. The average Bonchev–Trinajstić information content (AvgIpc) is 2.47. The number of benzene rings is 1. The number of nitrogens with one attached hydrogen (secondary N) is 2. The Kier molecular flexibility index (Phi) is 7.31. The highest BCUT2D eigenvalue weighted by Crippen LogP contribution is 2.17. The van der Waals surface area contributed by atoms with Crippen LogP contribution in [0.4, 0.5) is 0 Å². The lowest BCUT2D eigenvalue weighted by atomic mass is 10.0. The zero-order valence-electron chi connectivity index (χ0n) is 13.2. The smallest absolute Gasteiger partial charge is 0.222 e. The third-order valence-electron chi connectivity index (χ3n) is 3.54. The SMILES string of the molecule is CCc1ccc(C(CC)NCCNC(=O)C(C)C)cc1. The second-order valence-corrected chi connectivity index (χ2v) is 5.46. The van der Waals surface area contributed by atoms with E-state index in [1.165, 1.54) is 11.1 Å². The Bertz CT molecular complexity index is 398. The van der Waals surface area contributed by atoms with E-state index in [4.69, 9.17) is 0 Å². The molecule has 0 aromatic heterocycles. The van der Waals surface area contributed by atoms with Gasteiger partial charge in [0.15, 0.2) is 0 Å². The molecule has 0 bridgehead atoms. The van der Waals surface area contributed by atoms with Gasteiger partial charge in [0, 0.05) is 25.0 Å². The second kappa shape index (κ2) is 8.75. The fraction of sp³-hybridized carbons (Fsp3) is 0.588. The molecule has 0 aliphatic rings. The van der Waals surface area contributed by atoms with Gasteiger partial charge in [-0.05, 0) is 24.0 Å². The quantitative estimate of drug-likeness (QED) is 0.717. The first kappa shape index (κ1) is 16.7. The van der Waals surface area contributed by atoms with Gasteiger partial charge in [0.2, 0.25) is 5.91 Å². The molecule has 112 valence electrons. The van der Waals surface area contributed by atoms with Gasteiger partial charge in [0.1, 0.15) is 0 Å². The Balaban J connectivity index is 2.40. The van der Waals surface area contributed by atoms with Crippen molar-refractivity contribution in [1.29, 1.82) is 0 Å². The molecule has 20 heavy (non-hydrogen) atoms. The maximum absolute atomic E-state index is 11.5. The summed E-state index contributed by atoms with van der Waals surface area (Å²) in [6.45, 7) is 9.65. The average molecular weight is 276 g/mol. The molecule has 0 radical (unpaired) electrons. The molecule has 0 aliphatic carbocycles. The molecule has 0 fully saturated rings. The molecule has 1 aromatic rings. The van der Waals surface area contributed by atoms with E-state index in [-0.39, 0.29) is 11.8 Å². The monoisotopic (exact) mass is 276 g/mol.